The average Bonchev–Trinajstić information content (AvgIpc) is 2.85. The first kappa shape index (κ1) is 17.5. The van der Waals surface area contributed by atoms with Gasteiger partial charge in [-0.2, -0.15) is 0 Å². The van der Waals surface area contributed by atoms with E-state index in [1.165, 1.54) is 12.8 Å². The first-order valence-corrected chi connectivity index (χ1v) is 8.03. The molecular formula is C16H23Cl2N3O. The van der Waals surface area contributed by atoms with Crippen LogP contribution in [0.1, 0.15) is 19.3 Å². The second-order valence-electron chi connectivity index (χ2n) is 6.27. The molecule has 1 saturated heterocycles. The minimum atomic E-state index is 0. The molecule has 0 aromatic heterocycles. The van der Waals surface area contributed by atoms with Gasteiger partial charge in [0, 0.05) is 29.8 Å². The molecule has 3 unspecified atom stereocenters. The number of carbonyl (C=O) groups excluding carboxylic acids is 1. The Morgan fingerprint density at radius 2 is 2.00 bits per heavy atom. The molecule has 6 heteroatoms. The number of nitrogens with zero attached hydrogens (tertiary/aromatic N) is 1. The number of hydrogen-bond donors (Lipinski definition) is 2. The maximum absolute atomic E-state index is 12.1. The van der Waals surface area contributed by atoms with Crippen LogP contribution in [-0.4, -0.2) is 36.5 Å². The van der Waals surface area contributed by atoms with Gasteiger partial charge in [-0.1, -0.05) is 18.0 Å². The summed E-state index contributed by atoms with van der Waals surface area (Å²) in [5.74, 6) is 1.28. The van der Waals surface area contributed by atoms with E-state index in [2.05, 4.69) is 10.2 Å². The van der Waals surface area contributed by atoms with Gasteiger partial charge in [0.25, 0.3) is 0 Å². The highest BCUT2D eigenvalue weighted by molar-refractivity contribution is 6.30. The molecule has 1 aliphatic heterocycles. The van der Waals surface area contributed by atoms with Gasteiger partial charge in [-0.05, 0) is 48.9 Å². The number of likely N-dealkylation sites (tertiary alicyclic amines) is 1. The molecule has 0 bridgehead atoms. The van der Waals surface area contributed by atoms with Gasteiger partial charge in [-0.25, -0.2) is 0 Å². The summed E-state index contributed by atoms with van der Waals surface area (Å²) in [6.45, 7) is 2.41. The lowest BCUT2D eigenvalue weighted by Crippen LogP contribution is -2.38. The van der Waals surface area contributed by atoms with Crippen molar-refractivity contribution in [2.24, 2.45) is 17.6 Å². The van der Waals surface area contributed by atoms with Crippen molar-refractivity contribution in [3.8, 4) is 0 Å². The maximum Gasteiger partial charge on any atom is 0.238 e. The van der Waals surface area contributed by atoms with E-state index in [0.29, 0.717) is 29.4 Å². The van der Waals surface area contributed by atoms with Gasteiger partial charge in [-0.15, -0.1) is 12.4 Å². The Morgan fingerprint density at radius 1 is 1.27 bits per heavy atom. The Labute approximate surface area is 142 Å². The zero-order valence-electron chi connectivity index (χ0n) is 12.5. The Kier molecular flexibility index (Phi) is 6.09. The predicted octanol–water partition coefficient (Wildman–Crippen LogP) is 2.76. The van der Waals surface area contributed by atoms with Crippen LogP contribution in [0.3, 0.4) is 0 Å². The van der Waals surface area contributed by atoms with Crippen LogP contribution in [-0.2, 0) is 4.79 Å². The van der Waals surface area contributed by atoms with Crippen molar-refractivity contribution in [3.05, 3.63) is 29.3 Å². The minimum Gasteiger partial charge on any atom is -0.327 e. The molecule has 1 saturated carbocycles. The van der Waals surface area contributed by atoms with Crippen molar-refractivity contribution in [1.29, 1.82) is 0 Å². The standard InChI is InChI=1S/C16H22ClN3O.ClH/c17-12-4-6-13(7-5-12)19-16(21)10-20-8-11-2-1-3-15(18)14(11)9-20;/h4-7,11,14-15H,1-3,8-10,18H2,(H,19,21);1H. The van der Waals surface area contributed by atoms with Gasteiger partial charge >= 0.3 is 0 Å². The molecule has 122 valence electrons. The normalized spacial score (nSPS) is 27.8. The lowest BCUT2D eigenvalue weighted by molar-refractivity contribution is -0.117. The van der Waals surface area contributed by atoms with Crippen molar-refractivity contribution in [3.63, 3.8) is 0 Å². The van der Waals surface area contributed by atoms with E-state index in [1.54, 1.807) is 12.1 Å². The van der Waals surface area contributed by atoms with E-state index in [9.17, 15) is 4.79 Å². The first-order valence-electron chi connectivity index (χ1n) is 7.65. The number of rotatable bonds is 3. The van der Waals surface area contributed by atoms with Crippen LogP contribution >= 0.6 is 24.0 Å². The average molecular weight is 344 g/mol. The molecule has 4 nitrogen and oxygen atoms in total. The molecular weight excluding hydrogens is 321 g/mol. The fourth-order valence-corrected chi connectivity index (χ4v) is 3.80. The fraction of sp³-hybridized carbons (Fsp3) is 0.562. The summed E-state index contributed by atoms with van der Waals surface area (Å²) in [4.78, 5) is 14.4. The quantitative estimate of drug-likeness (QED) is 0.887. The number of hydrogen-bond acceptors (Lipinski definition) is 3. The summed E-state index contributed by atoms with van der Waals surface area (Å²) in [7, 11) is 0. The Bertz CT molecular complexity index is 509. The van der Waals surface area contributed by atoms with Crippen molar-refractivity contribution in [2.75, 3.05) is 25.0 Å². The van der Waals surface area contributed by atoms with Crippen molar-refractivity contribution >= 4 is 35.6 Å². The van der Waals surface area contributed by atoms with Crippen LogP contribution in [0.15, 0.2) is 24.3 Å². The van der Waals surface area contributed by atoms with Crippen LogP contribution < -0.4 is 11.1 Å². The zero-order valence-corrected chi connectivity index (χ0v) is 14.1. The molecule has 1 amide bonds. The predicted molar refractivity (Wildman–Crippen MR) is 92.6 cm³/mol. The summed E-state index contributed by atoms with van der Waals surface area (Å²) < 4.78 is 0. The molecule has 0 spiro atoms. The number of nitrogens with one attached hydrogen (secondary N) is 1. The third-order valence-electron chi connectivity index (χ3n) is 4.72. The molecule has 3 N–H and O–H groups in total. The largest absolute Gasteiger partial charge is 0.327 e. The van der Waals surface area contributed by atoms with Crippen molar-refractivity contribution < 1.29 is 4.79 Å². The van der Waals surface area contributed by atoms with Crippen molar-refractivity contribution in [2.45, 2.75) is 25.3 Å². The SMILES string of the molecule is Cl.NC1CCCC2CN(CC(=O)Nc3ccc(Cl)cc3)CC12. The molecule has 2 aliphatic rings. The Hall–Kier alpha value is -0.810. The third kappa shape index (κ3) is 4.13. The number of nitrogens with two attached hydrogens (primary N) is 1. The lowest BCUT2D eigenvalue weighted by atomic mass is 9.78. The van der Waals surface area contributed by atoms with Crippen molar-refractivity contribution in [1.82, 2.24) is 4.90 Å². The third-order valence-corrected chi connectivity index (χ3v) is 4.98. The summed E-state index contributed by atoms with van der Waals surface area (Å²) in [5, 5.41) is 3.59. The van der Waals surface area contributed by atoms with Gasteiger partial charge in [0.1, 0.15) is 0 Å². The van der Waals surface area contributed by atoms with E-state index in [4.69, 9.17) is 17.3 Å². The van der Waals surface area contributed by atoms with Gasteiger partial charge in [0.2, 0.25) is 5.91 Å². The highest BCUT2D eigenvalue weighted by Crippen LogP contribution is 2.35. The second kappa shape index (κ2) is 7.64. The van der Waals surface area contributed by atoms with Crippen LogP contribution in [0.5, 0.6) is 0 Å². The van der Waals surface area contributed by atoms with Crippen LogP contribution in [0.2, 0.25) is 5.02 Å². The monoisotopic (exact) mass is 343 g/mol. The molecule has 22 heavy (non-hydrogen) atoms. The highest BCUT2D eigenvalue weighted by atomic mass is 35.5. The summed E-state index contributed by atoms with van der Waals surface area (Å²) in [6.07, 6.45) is 3.62. The Morgan fingerprint density at radius 3 is 2.68 bits per heavy atom. The number of carbonyl (C=O) groups is 1. The molecule has 1 heterocycles. The number of amides is 1. The van der Waals surface area contributed by atoms with E-state index in [1.807, 2.05) is 12.1 Å². The van der Waals surface area contributed by atoms with E-state index < -0.39 is 0 Å². The van der Waals surface area contributed by atoms with Gasteiger partial charge in [-0.3, -0.25) is 9.69 Å². The number of halogens is 2. The smallest absolute Gasteiger partial charge is 0.238 e. The highest BCUT2D eigenvalue weighted by Gasteiger charge is 2.38. The van der Waals surface area contributed by atoms with E-state index in [0.717, 1.165) is 25.2 Å². The maximum atomic E-state index is 12.1. The van der Waals surface area contributed by atoms with E-state index >= 15 is 0 Å². The van der Waals surface area contributed by atoms with Gasteiger partial charge < -0.3 is 11.1 Å². The number of anilines is 1. The molecule has 1 aromatic rings. The molecule has 1 aliphatic carbocycles. The number of benzene rings is 1. The summed E-state index contributed by atoms with van der Waals surface area (Å²) in [6, 6.07) is 7.51. The van der Waals surface area contributed by atoms with Crippen LogP contribution in [0.4, 0.5) is 5.69 Å². The lowest BCUT2D eigenvalue weighted by Gasteiger charge is -2.29. The fourth-order valence-electron chi connectivity index (χ4n) is 3.67. The zero-order chi connectivity index (χ0) is 14.8. The molecule has 3 rings (SSSR count). The van der Waals surface area contributed by atoms with Crippen LogP contribution in [0, 0.1) is 11.8 Å². The Balaban J connectivity index is 0.00000176. The van der Waals surface area contributed by atoms with Gasteiger partial charge in [0.05, 0.1) is 6.54 Å². The topological polar surface area (TPSA) is 58.4 Å². The molecule has 1 aromatic carbocycles. The molecule has 0 radical (unpaired) electrons. The second-order valence-corrected chi connectivity index (χ2v) is 6.70. The van der Waals surface area contributed by atoms with E-state index in [-0.39, 0.29) is 18.3 Å². The minimum absolute atomic E-state index is 0. The molecule has 3 atom stereocenters. The van der Waals surface area contributed by atoms with Gasteiger partial charge in [0.15, 0.2) is 0 Å². The summed E-state index contributed by atoms with van der Waals surface area (Å²) in [5.41, 5.74) is 7.00. The number of fused-ring (bicyclic) bond motifs is 1. The summed E-state index contributed by atoms with van der Waals surface area (Å²) >= 11 is 5.84. The molecule has 2 fully saturated rings. The van der Waals surface area contributed by atoms with Crippen LogP contribution in [0.25, 0.3) is 0 Å². The first-order chi connectivity index (χ1) is 10.1.